The normalized spacial score (nSPS) is 14.9. The number of hydrogen-bond acceptors (Lipinski definition) is 2. The number of hydrogen-bond donors (Lipinski definition) is 1. The zero-order valence-electron chi connectivity index (χ0n) is 10.4. The summed E-state index contributed by atoms with van der Waals surface area (Å²) in [7, 11) is 0. The molecule has 0 spiro atoms. The van der Waals surface area contributed by atoms with E-state index in [1.165, 1.54) is 4.68 Å². The molecular weight excluding hydrogens is 291 g/mol. The van der Waals surface area contributed by atoms with Crippen molar-refractivity contribution in [1.82, 2.24) is 9.78 Å². The maximum absolute atomic E-state index is 12.7. The molecule has 1 fully saturated rings. The summed E-state index contributed by atoms with van der Waals surface area (Å²) < 4.78 is 39.6. The van der Waals surface area contributed by atoms with Crippen LogP contribution in [0, 0.1) is 0 Å². The van der Waals surface area contributed by atoms with E-state index in [9.17, 15) is 13.2 Å². The summed E-state index contributed by atoms with van der Waals surface area (Å²) in [4.78, 5) is 0. The molecule has 1 heterocycles. The zero-order chi connectivity index (χ0) is 13.6. The lowest BCUT2D eigenvalue weighted by atomic mass is 10.2. The molecule has 2 N–H and O–H groups in total. The summed E-state index contributed by atoms with van der Waals surface area (Å²) in [5.41, 5.74) is 6.53. The minimum absolute atomic E-state index is 0. The summed E-state index contributed by atoms with van der Waals surface area (Å²) in [5.74, 6) is 0.182. The average Bonchev–Trinajstić information content (AvgIpc) is 3.08. The molecule has 3 rings (SSSR count). The maximum Gasteiger partial charge on any atom is 0.435 e. The van der Waals surface area contributed by atoms with E-state index >= 15 is 0 Å². The summed E-state index contributed by atoms with van der Waals surface area (Å²) in [6.07, 6.45) is -2.58. The topological polar surface area (TPSA) is 43.8 Å². The lowest BCUT2D eigenvalue weighted by Gasteiger charge is -2.06. The number of rotatable bonds is 2. The Kier molecular flexibility index (Phi) is 3.69. The standard InChI is InChI=1S/C13H12F3N3.ClH/c14-13(15,16)12-7-11(8-1-2-8)19(18-12)10-5-3-9(17)4-6-10;/h3-8H,1-2,17H2;1H. The van der Waals surface area contributed by atoms with Gasteiger partial charge in [-0.25, -0.2) is 4.68 Å². The molecule has 0 radical (unpaired) electrons. The predicted octanol–water partition coefficient (Wildman–Crippen LogP) is 3.77. The van der Waals surface area contributed by atoms with Crippen molar-refractivity contribution in [1.29, 1.82) is 0 Å². The van der Waals surface area contributed by atoms with Crippen molar-refractivity contribution in [3.63, 3.8) is 0 Å². The van der Waals surface area contributed by atoms with Crippen molar-refractivity contribution in [2.75, 3.05) is 5.73 Å². The Hall–Kier alpha value is -1.69. The van der Waals surface area contributed by atoms with Crippen molar-refractivity contribution < 1.29 is 13.2 Å². The number of anilines is 1. The first-order chi connectivity index (χ1) is 8.95. The fraction of sp³-hybridized carbons (Fsp3) is 0.308. The van der Waals surface area contributed by atoms with E-state index in [0.29, 0.717) is 17.1 Å². The van der Waals surface area contributed by atoms with Gasteiger partial charge in [0.2, 0.25) is 0 Å². The summed E-state index contributed by atoms with van der Waals surface area (Å²) in [6, 6.07) is 7.80. The molecule has 1 aliphatic rings. The molecular formula is C13H13ClF3N3. The van der Waals surface area contributed by atoms with E-state index in [-0.39, 0.29) is 18.3 Å². The molecule has 20 heavy (non-hydrogen) atoms. The third-order valence-electron chi connectivity index (χ3n) is 3.16. The molecule has 1 aromatic carbocycles. The first kappa shape index (κ1) is 14.7. The van der Waals surface area contributed by atoms with Crippen LogP contribution in [-0.2, 0) is 6.18 Å². The van der Waals surface area contributed by atoms with Gasteiger partial charge < -0.3 is 5.73 Å². The quantitative estimate of drug-likeness (QED) is 0.858. The number of alkyl halides is 3. The Labute approximate surface area is 120 Å². The van der Waals surface area contributed by atoms with E-state index in [2.05, 4.69) is 5.10 Å². The Morgan fingerprint density at radius 1 is 1.15 bits per heavy atom. The SMILES string of the molecule is Cl.Nc1ccc(-n2nc(C(F)(F)F)cc2C2CC2)cc1. The zero-order valence-corrected chi connectivity index (χ0v) is 11.2. The number of nitrogens with two attached hydrogens (primary N) is 1. The highest BCUT2D eigenvalue weighted by atomic mass is 35.5. The van der Waals surface area contributed by atoms with Gasteiger partial charge in [-0.1, -0.05) is 0 Å². The van der Waals surface area contributed by atoms with Crippen LogP contribution in [0.3, 0.4) is 0 Å². The van der Waals surface area contributed by atoms with Crippen LogP contribution in [-0.4, -0.2) is 9.78 Å². The second kappa shape index (κ2) is 5.01. The van der Waals surface area contributed by atoms with Crippen LogP contribution in [0.1, 0.15) is 30.1 Å². The van der Waals surface area contributed by atoms with Gasteiger partial charge in [0.25, 0.3) is 0 Å². The van der Waals surface area contributed by atoms with Crippen molar-refractivity contribution in [2.45, 2.75) is 24.9 Å². The molecule has 0 amide bonds. The van der Waals surface area contributed by atoms with Gasteiger partial charge >= 0.3 is 6.18 Å². The monoisotopic (exact) mass is 303 g/mol. The van der Waals surface area contributed by atoms with Gasteiger partial charge in [0.05, 0.1) is 5.69 Å². The minimum atomic E-state index is -4.41. The van der Waals surface area contributed by atoms with Crippen LogP contribution in [0.25, 0.3) is 5.69 Å². The van der Waals surface area contributed by atoms with Crippen LogP contribution >= 0.6 is 12.4 Å². The van der Waals surface area contributed by atoms with Crippen molar-refractivity contribution in [3.05, 3.63) is 41.7 Å². The summed E-state index contributed by atoms with van der Waals surface area (Å²) in [5, 5.41) is 3.69. The van der Waals surface area contributed by atoms with Gasteiger partial charge in [0, 0.05) is 17.3 Å². The molecule has 0 bridgehead atoms. The molecule has 3 nitrogen and oxygen atoms in total. The summed E-state index contributed by atoms with van der Waals surface area (Å²) >= 11 is 0. The number of halogens is 4. The van der Waals surface area contributed by atoms with Gasteiger partial charge in [-0.05, 0) is 43.2 Å². The first-order valence-electron chi connectivity index (χ1n) is 5.98. The van der Waals surface area contributed by atoms with Crippen LogP contribution in [0.4, 0.5) is 18.9 Å². The maximum atomic E-state index is 12.7. The van der Waals surface area contributed by atoms with Crippen LogP contribution in [0.5, 0.6) is 0 Å². The number of nitrogens with zero attached hydrogens (tertiary/aromatic N) is 2. The summed E-state index contributed by atoms with van der Waals surface area (Å²) in [6.45, 7) is 0. The fourth-order valence-corrected chi connectivity index (χ4v) is 2.03. The minimum Gasteiger partial charge on any atom is -0.399 e. The third kappa shape index (κ3) is 2.75. The van der Waals surface area contributed by atoms with E-state index in [4.69, 9.17) is 5.73 Å². The molecule has 0 unspecified atom stereocenters. The van der Waals surface area contributed by atoms with E-state index in [1.54, 1.807) is 24.3 Å². The average molecular weight is 304 g/mol. The Morgan fingerprint density at radius 3 is 2.25 bits per heavy atom. The fourth-order valence-electron chi connectivity index (χ4n) is 2.03. The highest BCUT2D eigenvalue weighted by molar-refractivity contribution is 5.85. The highest BCUT2D eigenvalue weighted by Crippen LogP contribution is 2.42. The predicted molar refractivity (Wildman–Crippen MR) is 72.2 cm³/mol. The molecule has 0 aliphatic heterocycles. The molecule has 2 aromatic rings. The second-order valence-electron chi connectivity index (χ2n) is 4.73. The van der Waals surface area contributed by atoms with Crippen LogP contribution in [0.15, 0.2) is 30.3 Å². The smallest absolute Gasteiger partial charge is 0.399 e. The Morgan fingerprint density at radius 2 is 1.75 bits per heavy atom. The van der Waals surface area contributed by atoms with Gasteiger partial charge in [-0.3, -0.25) is 0 Å². The van der Waals surface area contributed by atoms with Crippen molar-refractivity contribution >= 4 is 18.1 Å². The molecule has 1 aliphatic carbocycles. The lowest BCUT2D eigenvalue weighted by Crippen LogP contribution is -2.07. The molecule has 7 heteroatoms. The Bertz CT molecular complexity index is 600. The van der Waals surface area contributed by atoms with Crippen molar-refractivity contribution in [2.24, 2.45) is 0 Å². The molecule has 1 saturated carbocycles. The number of nitrogen functional groups attached to an aromatic ring is 1. The van der Waals surface area contributed by atoms with Gasteiger partial charge in [-0.15, -0.1) is 12.4 Å². The van der Waals surface area contributed by atoms with Crippen LogP contribution < -0.4 is 5.73 Å². The second-order valence-corrected chi connectivity index (χ2v) is 4.73. The number of benzene rings is 1. The van der Waals surface area contributed by atoms with E-state index in [0.717, 1.165) is 18.9 Å². The van der Waals surface area contributed by atoms with Gasteiger partial charge in [-0.2, -0.15) is 18.3 Å². The first-order valence-corrected chi connectivity index (χ1v) is 5.98. The largest absolute Gasteiger partial charge is 0.435 e. The Balaban J connectivity index is 0.00000147. The van der Waals surface area contributed by atoms with Crippen LogP contribution in [0.2, 0.25) is 0 Å². The third-order valence-corrected chi connectivity index (χ3v) is 3.16. The van der Waals surface area contributed by atoms with Gasteiger partial charge in [0.15, 0.2) is 5.69 Å². The lowest BCUT2D eigenvalue weighted by molar-refractivity contribution is -0.141. The molecule has 108 valence electrons. The highest BCUT2D eigenvalue weighted by Gasteiger charge is 2.38. The van der Waals surface area contributed by atoms with E-state index in [1.807, 2.05) is 0 Å². The van der Waals surface area contributed by atoms with E-state index < -0.39 is 11.9 Å². The molecule has 0 saturated heterocycles. The van der Waals surface area contributed by atoms with Gasteiger partial charge in [0.1, 0.15) is 0 Å². The molecule has 1 aromatic heterocycles. The number of aromatic nitrogens is 2. The molecule has 0 atom stereocenters. The van der Waals surface area contributed by atoms with Crippen molar-refractivity contribution in [3.8, 4) is 5.69 Å².